The van der Waals surface area contributed by atoms with Crippen LogP contribution in [0.5, 0.6) is 0 Å². The second-order valence-electron chi connectivity index (χ2n) is 4.83. The molecule has 0 saturated heterocycles. The van der Waals surface area contributed by atoms with Crippen molar-refractivity contribution >= 4 is 22.6 Å². The van der Waals surface area contributed by atoms with Gasteiger partial charge in [0.1, 0.15) is 9.53 Å². The molecule has 0 amide bonds. The van der Waals surface area contributed by atoms with E-state index in [1.807, 2.05) is 24.3 Å². The highest BCUT2D eigenvalue weighted by atomic mass is 127. The molecule has 94 valence electrons. The van der Waals surface area contributed by atoms with Crippen LogP contribution < -0.4 is 0 Å². The lowest BCUT2D eigenvalue weighted by Crippen LogP contribution is -2.08. The van der Waals surface area contributed by atoms with Crippen molar-refractivity contribution in [2.24, 2.45) is 5.92 Å². The van der Waals surface area contributed by atoms with Gasteiger partial charge >= 0.3 is 0 Å². The molecule has 0 aliphatic rings. The molecule has 1 aromatic heterocycles. The van der Waals surface area contributed by atoms with E-state index in [0.717, 1.165) is 20.8 Å². The van der Waals surface area contributed by atoms with E-state index >= 15 is 0 Å². The lowest BCUT2D eigenvalue weighted by molar-refractivity contribution is 0.509. The Morgan fingerprint density at radius 1 is 1.00 bits per heavy atom. The first-order valence-electron chi connectivity index (χ1n) is 6.18. The molecule has 1 aromatic carbocycles. The van der Waals surface area contributed by atoms with Gasteiger partial charge in [-0.25, -0.2) is 9.97 Å². The van der Waals surface area contributed by atoms with E-state index in [-0.39, 0.29) is 0 Å². The molecule has 2 nitrogen and oxygen atoms in total. The first-order chi connectivity index (χ1) is 8.58. The van der Waals surface area contributed by atoms with Crippen LogP contribution in [0.3, 0.4) is 0 Å². The average molecular weight is 352 g/mol. The predicted molar refractivity (Wildman–Crippen MR) is 83.4 cm³/mol. The van der Waals surface area contributed by atoms with E-state index < -0.39 is 0 Å². The van der Waals surface area contributed by atoms with Gasteiger partial charge in [0.05, 0.1) is 5.69 Å². The monoisotopic (exact) mass is 352 g/mol. The van der Waals surface area contributed by atoms with Gasteiger partial charge < -0.3 is 0 Å². The van der Waals surface area contributed by atoms with Crippen LogP contribution in [0.15, 0.2) is 36.4 Å². The Balaban J connectivity index is 2.45. The number of nitrogens with zero attached hydrogens (tertiary/aromatic N) is 2. The van der Waals surface area contributed by atoms with Gasteiger partial charge in [-0.05, 0) is 34.6 Å². The van der Waals surface area contributed by atoms with Crippen molar-refractivity contribution in [2.45, 2.75) is 26.7 Å². The zero-order valence-corrected chi connectivity index (χ0v) is 13.0. The van der Waals surface area contributed by atoms with Crippen molar-refractivity contribution in [3.05, 3.63) is 45.9 Å². The molecular formula is C15H17IN2. The van der Waals surface area contributed by atoms with Crippen LogP contribution in [0.1, 0.15) is 32.5 Å². The maximum absolute atomic E-state index is 4.71. The quantitative estimate of drug-likeness (QED) is 0.600. The normalized spacial score (nSPS) is 12.7. The number of benzene rings is 1. The highest BCUT2D eigenvalue weighted by Gasteiger charge is 2.15. The molecule has 0 saturated carbocycles. The van der Waals surface area contributed by atoms with Crippen LogP contribution in [0.2, 0.25) is 0 Å². The van der Waals surface area contributed by atoms with Crippen LogP contribution in [0.25, 0.3) is 11.3 Å². The van der Waals surface area contributed by atoms with Gasteiger partial charge in [-0.3, -0.25) is 0 Å². The van der Waals surface area contributed by atoms with Crippen LogP contribution in [0.4, 0.5) is 0 Å². The lowest BCUT2D eigenvalue weighted by atomic mass is 9.97. The summed E-state index contributed by atoms with van der Waals surface area (Å²) in [5.41, 5.74) is 2.16. The molecule has 1 unspecified atom stereocenters. The third kappa shape index (κ3) is 3.07. The molecule has 1 heterocycles. The predicted octanol–water partition coefficient (Wildman–Crippen LogP) is 4.51. The summed E-state index contributed by atoms with van der Waals surface area (Å²) in [6.45, 7) is 6.59. The number of halogens is 1. The fourth-order valence-electron chi connectivity index (χ4n) is 1.69. The van der Waals surface area contributed by atoms with Crippen LogP contribution in [-0.2, 0) is 0 Å². The molecule has 2 rings (SSSR count). The second-order valence-corrected chi connectivity index (χ2v) is 5.94. The van der Waals surface area contributed by atoms with Gasteiger partial charge in [0.25, 0.3) is 0 Å². The topological polar surface area (TPSA) is 25.8 Å². The minimum Gasteiger partial charge on any atom is -0.233 e. The molecule has 0 bridgehead atoms. The van der Waals surface area contributed by atoms with E-state index in [1.165, 1.54) is 0 Å². The van der Waals surface area contributed by atoms with E-state index in [0.29, 0.717) is 11.8 Å². The van der Waals surface area contributed by atoms with E-state index in [9.17, 15) is 0 Å². The van der Waals surface area contributed by atoms with Crippen molar-refractivity contribution in [1.82, 2.24) is 9.97 Å². The Bertz CT molecular complexity index is 523. The second kappa shape index (κ2) is 5.78. The molecular weight excluding hydrogens is 335 g/mol. The van der Waals surface area contributed by atoms with Gasteiger partial charge in [-0.2, -0.15) is 0 Å². The van der Waals surface area contributed by atoms with E-state index in [4.69, 9.17) is 4.98 Å². The number of hydrogen-bond acceptors (Lipinski definition) is 2. The summed E-state index contributed by atoms with van der Waals surface area (Å²) < 4.78 is 1.00. The molecule has 0 fully saturated rings. The average Bonchev–Trinajstić information content (AvgIpc) is 2.38. The van der Waals surface area contributed by atoms with Crippen LogP contribution in [-0.4, -0.2) is 9.97 Å². The number of rotatable bonds is 3. The van der Waals surface area contributed by atoms with Gasteiger partial charge in [-0.15, -0.1) is 0 Å². The van der Waals surface area contributed by atoms with Gasteiger partial charge in [0, 0.05) is 11.5 Å². The first-order valence-corrected chi connectivity index (χ1v) is 7.25. The molecule has 1 atom stereocenters. The van der Waals surface area contributed by atoms with Crippen molar-refractivity contribution in [2.75, 3.05) is 0 Å². The summed E-state index contributed by atoms with van der Waals surface area (Å²) in [6, 6.07) is 12.3. The fraction of sp³-hybridized carbons (Fsp3) is 0.333. The van der Waals surface area contributed by atoms with Gasteiger partial charge in [0.2, 0.25) is 0 Å². The van der Waals surface area contributed by atoms with Crippen molar-refractivity contribution < 1.29 is 0 Å². The summed E-state index contributed by atoms with van der Waals surface area (Å²) in [4.78, 5) is 9.27. The first kappa shape index (κ1) is 13.5. The third-order valence-corrected chi connectivity index (χ3v) is 3.74. The molecule has 18 heavy (non-hydrogen) atoms. The lowest BCUT2D eigenvalue weighted by Gasteiger charge is -2.15. The molecule has 2 aromatic rings. The Hall–Kier alpha value is -0.970. The minimum atomic E-state index is 0.377. The molecule has 3 heteroatoms. The Morgan fingerprint density at radius 2 is 1.67 bits per heavy atom. The SMILES string of the molecule is CC(C)C(C)c1nc(I)cc(-c2ccccc2)n1. The minimum absolute atomic E-state index is 0.377. The Labute approximate surface area is 122 Å². The summed E-state index contributed by atoms with van der Waals surface area (Å²) in [7, 11) is 0. The summed E-state index contributed by atoms with van der Waals surface area (Å²) in [5.74, 6) is 1.87. The summed E-state index contributed by atoms with van der Waals surface area (Å²) in [5, 5.41) is 0. The third-order valence-electron chi connectivity index (χ3n) is 3.19. The van der Waals surface area contributed by atoms with E-state index in [2.05, 4.69) is 60.5 Å². The Morgan fingerprint density at radius 3 is 2.28 bits per heavy atom. The highest BCUT2D eigenvalue weighted by molar-refractivity contribution is 14.1. The van der Waals surface area contributed by atoms with E-state index in [1.54, 1.807) is 0 Å². The Kier molecular flexibility index (Phi) is 4.32. The highest BCUT2D eigenvalue weighted by Crippen LogP contribution is 2.24. The maximum atomic E-state index is 4.71. The van der Waals surface area contributed by atoms with Crippen LogP contribution in [0, 0.1) is 9.62 Å². The molecule has 0 aliphatic carbocycles. The maximum Gasteiger partial charge on any atom is 0.133 e. The smallest absolute Gasteiger partial charge is 0.133 e. The zero-order chi connectivity index (χ0) is 13.1. The molecule has 0 radical (unpaired) electrons. The molecule has 0 N–H and O–H groups in total. The zero-order valence-electron chi connectivity index (χ0n) is 10.9. The standard InChI is InChI=1S/C15H17IN2/c1-10(2)11(3)15-17-13(9-14(16)18-15)12-7-5-4-6-8-12/h4-11H,1-3H3. The van der Waals surface area contributed by atoms with Crippen molar-refractivity contribution in [3.8, 4) is 11.3 Å². The summed E-state index contributed by atoms with van der Waals surface area (Å²) >= 11 is 2.26. The van der Waals surface area contributed by atoms with Crippen molar-refractivity contribution in [3.63, 3.8) is 0 Å². The van der Waals surface area contributed by atoms with Crippen LogP contribution >= 0.6 is 22.6 Å². The number of aromatic nitrogens is 2. The van der Waals surface area contributed by atoms with Crippen molar-refractivity contribution in [1.29, 1.82) is 0 Å². The fourth-order valence-corrected chi connectivity index (χ4v) is 2.24. The molecule has 0 spiro atoms. The van der Waals surface area contributed by atoms with Gasteiger partial charge in [0.15, 0.2) is 0 Å². The number of hydrogen-bond donors (Lipinski definition) is 0. The van der Waals surface area contributed by atoms with Gasteiger partial charge in [-0.1, -0.05) is 51.1 Å². The molecule has 0 aliphatic heterocycles. The summed E-state index contributed by atoms with van der Waals surface area (Å²) in [6.07, 6.45) is 0. The largest absolute Gasteiger partial charge is 0.233 e.